The normalized spacial score (nSPS) is 17.1. The van der Waals surface area contributed by atoms with Crippen molar-refractivity contribution in [2.45, 2.75) is 11.4 Å². The minimum absolute atomic E-state index is 0.151. The molecule has 0 aliphatic carbocycles. The molecule has 7 heteroatoms. The van der Waals surface area contributed by atoms with Crippen molar-refractivity contribution >= 4 is 26.0 Å². The van der Waals surface area contributed by atoms with E-state index in [1.54, 1.807) is 0 Å². The molecule has 1 fully saturated rings. The lowest BCUT2D eigenvalue weighted by Gasteiger charge is -2.31. The first-order valence-electron chi connectivity index (χ1n) is 7.79. The standard InChI is InChI=1S/C17H18BrFN2O2S/c18-17-4-2-1-3-14(17)13-20-9-11-21(12-10-20)24(22,23)16-7-5-15(19)6-8-16/h1-8H,9-13H2/p+1. The van der Waals surface area contributed by atoms with Gasteiger partial charge < -0.3 is 4.90 Å². The van der Waals surface area contributed by atoms with Gasteiger partial charge in [0.1, 0.15) is 12.4 Å². The van der Waals surface area contributed by atoms with Gasteiger partial charge in [0.2, 0.25) is 10.0 Å². The molecule has 1 heterocycles. The number of nitrogens with one attached hydrogen (secondary N) is 1. The van der Waals surface area contributed by atoms with Crippen LogP contribution in [0.1, 0.15) is 5.56 Å². The van der Waals surface area contributed by atoms with Crippen LogP contribution < -0.4 is 4.90 Å². The summed E-state index contributed by atoms with van der Waals surface area (Å²) in [6, 6.07) is 13.1. The van der Waals surface area contributed by atoms with Gasteiger partial charge in [-0.2, -0.15) is 4.31 Å². The molecule has 0 unspecified atom stereocenters. The molecule has 24 heavy (non-hydrogen) atoms. The molecule has 0 spiro atoms. The molecule has 3 rings (SSSR count). The van der Waals surface area contributed by atoms with Crippen LogP contribution in [0.25, 0.3) is 0 Å². The van der Waals surface area contributed by atoms with E-state index in [-0.39, 0.29) is 4.90 Å². The minimum Gasteiger partial charge on any atom is -0.329 e. The van der Waals surface area contributed by atoms with Gasteiger partial charge in [-0.3, -0.25) is 0 Å². The third-order valence-electron chi connectivity index (χ3n) is 4.28. The summed E-state index contributed by atoms with van der Waals surface area (Å²) in [5.74, 6) is -0.434. The van der Waals surface area contributed by atoms with E-state index in [2.05, 4.69) is 22.0 Å². The Morgan fingerprint density at radius 2 is 1.67 bits per heavy atom. The number of hydrogen-bond donors (Lipinski definition) is 1. The number of piperazine rings is 1. The van der Waals surface area contributed by atoms with Gasteiger partial charge in [0.05, 0.1) is 31.1 Å². The third kappa shape index (κ3) is 3.85. The minimum atomic E-state index is -3.54. The van der Waals surface area contributed by atoms with Crippen LogP contribution in [0.15, 0.2) is 57.9 Å². The highest BCUT2D eigenvalue weighted by molar-refractivity contribution is 9.10. The number of halogens is 2. The Bertz CT molecular complexity index is 804. The zero-order chi connectivity index (χ0) is 17.2. The lowest BCUT2D eigenvalue weighted by molar-refractivity contribution is -0.917. The van der Waals surface area contributed by atoms with E-state index in [0.717, 1.165) is 24.1 Å². The smallest absolute Gasteiger partial charge is 0.243 e. The number of hydrogen-bond acceptors (Lipinski definition) is 2. The zero-order valence-electron chi connectivity index (χ0n) is 13.1. The molecule has 1 N–H and O–H groups in total. The van der Waals surface area contributed by atoms with Crippen molar-refractivity contribution in [1.29, 1.82) is 0 Å². The van der Waals surface area contributed by atoms with Gasteiger partial charge in [0.15, 0.2) is 0 Å². The van der Waals surface area contributed by atoms with Crippen LogP contribution in [0.3, 0.4) is 0 Å². The SMILES string of the molecule is O=S(=O)(c1ccc(F)cc1)N1CC[NH+](Cc2ccccc2Br)CC1. The third-order valence-corrected chi connectivity index (χ3v) is 6.97. The quantitative estimate of drug-likeness (QED) is 0.828. The monoisotopic (exact) mass is 413 g/mol. The van der Waals surface area contributed by atoms with Crippen molar-refractivity contribution in [2.24, 2.45) is 0 Å². The molecule has 0 aromatic heterocycles. The van der Waals surface area contributed by atoms with Crippen LogP contribution in [0.2, 0.25) is 0 Å². The Kier molecular flexibility index (Phi) is 5.34. The number of nitrogens with zero attached hydrogens (tertiary/aromatic N) is 1. The summed E-state index contributed by atoms with van der Waals surface area (Å²) < 4.78 is 40.8. The first kappa shape index (κ1) is 17.5. The molecular formula is C17H19BrFN2O2S+. The van der Waals surface area contributed by atoms with Crippen molar-refractivity contribution in [3.05, 3.63) is 64.4 Å². The molecule has 128 valence electrons. The average Bonchev–Trinajstić information content (AvgIpc) is 2.58. The summed E-state index contributed by atoms with van der Waals surface area (Å²) in [6.45, 7) is 3.31. The van der Waals surface area contributed by atoms with Crippen molar-refractivity contribution in [3.8, 4) is 0 Å². The van der Waals surface area contributed by atoms with Crippen LogP contribution >= 0.6 is 15.9 Å². The van der Waals surface area contributed by atoms with Gasteiger partial charge in [-0.15, -0.1) is 0 Å². The predicted molar refractivity (Wildman–Crippen MR) is 93.7 cm³/mol. The molecule has 2 aromatic carbocycles. The topological polar surface area (TPSA) is 41.8 Å². The molecule has 0 amide bonds. The molecule has 1 aliphatic heterocycles. The van der Waals surface area contributed by atoms with Crippen LogP contribution in [0, 0.1) is 5.82 Å². The second kappa shape index (κ2) is 7.31. The second-order valence-electron chi connectivity index (χ2n) is 5.88. The first-order chi connectivity index (χ1) is 11.5. The molecule has 1 aliphatic rings. The van der Waals surface area contributed by atoms with Crippen molar-refractivity contribution in [2.75, 3.05) is 26.2 Å². The van der Waals surface area contributed by atoms with Crippen LogP contribution in [0.4, 0.5) is 4.39 Å². The molecule has 4 nitrogen and oxygen atoms in total. The lowest BCUT2D eigenvalue weighted by Crippen LogP contribution is -3.13. The number of sulfonamides is 1. The Balaban J connectivity index is 1.64. The largest absolute Gasteiger partial charge is 0.329 e. The van der Waals surface area contributed by atoms with Crippen molar-refractivity contribution in [1.82, 2.24) is 4.31 Å². The molecule has 1 saturated heterocycles. The molecule has 0 atom stereocenters. The average molecular weight is 414 g/mol. The highest BCUT2D eigenvalue weighted by atomic mass is 79.9. The molecule has 0 bridgehead atoms. The fourth-order valence-corrected chi connectivity index (χ4v) is 4.75. The maximum Gasteiger partial charge on any atom is 0.243 e. The Morgan fingerprint density at radius 3 is 2.29 bits per heavy atom. The molecule has 2 aromatic rings. The number of benzene rings is 2. The Morgan fingerprint density at radius 1 is 1.04 bits per heavy atom. The molecular weight excluding hydrogens is 395 g/mol. The van der Waals surface area contributed by atoms with E-state index >= 15 is 0 Å². The van der Waals surface area contributed by atoms with Crippen LogP contribution in [0.5, 0.6) is 0 Å². The van der Waals surface area contributed by atoms with Crippen LogP contribution in [-0.4, -0.2) is 38.9 Å². The number of rotatable bonds is 4. The Labute approximate surface area is 150 Å². The summed E-state index contributed by atoms with van der Waals surface area (Å²) in [4.78, 5) is 1.51. The molecule has 0 radical (unpaired) electrons. The van der Waals surface area contributed by atoms with Gasteiger partial charge in [0, 0.05) is 10.0 Å². The Hall–Kier alpha value is -1.28. The van der Waals surface area contributed by atoms with Crippen LogP contribution in [-0.2, 0) is 16.6 Å². The summed E-state index contributed by atoms with van der Waals surface area (Å²) in [7, 11) is -3.54. The first-order valence-corrected chi connectivity index (χ1v) is 10.0. The van der Waals surface area contributed by atoms with Gasteiger partial charge >= 0.3 is 0 Å². The van der Waals surface area contributed by atoms with E-state index in [9.17, 15) is 12.8 Å². The predicted octanol–water partition coefficient (Wildman–Crippen LogP) is 1.68. The number of quaternary nitrogens is 1. The summed E-state index contributed by atoms with van der Waals surface area (Å²) in [5, 5.41) is 0. The fraction of sp³-hybridized carbons (Fsp3) is 0.294. The van der Waals surface area contributed by atoms with E-state index in [1.807, 2.05) is 18.2 Å². The lowest BCUT2D eigenvalue weighted by atomic mass is 10.2. The summed E-state index contributed by atoms with van der Waals surface area (Å²) in [5.41, 5.74) is 1.22. The van der Waals surface area contributed by atoms with Crippen molar-refractivity contribution < 1.29 is 17.7 Å². The van der Waals surface area contributed by atoms with E-state index < -0.39 is 15.8 Å². The van der Waals surface area contributed by atoms with Crippen molar-refractivity contribution in [3.63, 3.8) is 0 Å². The second-order valence-corrected chi connectivity index (χ2v) is 8.67. The molecule has 0 saturated carbocycles. The summed E-state index contributed by atoms with van der Waals surface area (Å²) in [6.07, 6.45) is 0. The van der Waals surface area contributed by atoms with Gasteiger partial charge in [0.25, 0.3) is 0 Å². The zero-order valence-corrected chi connectivity index (χ0v) is 15.5. The fourth-order valence-electron chi connectivity index (χ4n) is 2.89. The van der Waals surface area contributed by atoms with E-state index in [0.29, 0.717) is 13.1 Å². The van der Waals surface area contributed by atoms with E-state index in [1.165, 1.54) is 39.0 Å². The van der Waals surface area contributed by atoms with Gasteiger partial charge in [-0.1, -0.05) is 34.1 Å². The van der Waals surface area contributed by atoms with Gasteiger partial charge in [-0.25, -0.2) is 12.8 Å². The van der Waals surface area contributed by atoms with Gasteiger partial charge in [-0.05, 0) is 30.3 Å². The maximum atomic E-state index is 13.0. The summed E-state index contributed by atoms with van der Waals surface area (Å²) >= 11 is 3.55. The highest BCUT2D eigenvalue weighted by Gasteiger charge is 2.30. The van der Waals surface area contributed by atoms with E-state index in [4.69, 9.17) is 0 Å². The maximum absolute atomic E-state index is 13.0. The highest BCUT2D eigenvalue weighted by Crippen LogP contribution is 2.17.